The average molecular weight is 726 g/mol. The maximum atomic E-state index is 14.1. The van der Waals surface area contributed by atoms with Gasteiger partial charge < -0.3 is 29.6 Å². The number of carbonyl (C=O) groups excluding carboxylic acids is 2. The third-order valence-electron chi connectivity index (χ3n) is 10.1. The summed E-state index contributed by atoms with van der Waals surface area (Å²) in [5.74, 6) is 0.667. The smallest absolute Gasteiger partial charge is 0.326 e. The Hall–Kier alpha value is -3.66. The van der Waals surface area contributed by atoms with Crippen LogP contribution in [0.3, 0.4) is 0 Å². The number of imidazole rings is 1. The first-order valence-electron chi connectivity index (χ1n) is 17.3. The van der Waals surface area contributed by atoms with Gasteiger partial charge in [0.15, 0.2) is 5.79 Å². The highest BCUT2D eigenvalue weighted by Crippen LogP contribution is 2.34. The Balaban J connectivity index is 1.06. The van der Waals surface area contributed by atoms with E-state index in [2.05, 4.69) is 34.2 Å². The molecule has 2 aromatic carbocycles. The van der Waals surface area contributed by atoms with Crippen molar-refractivity contribution in [3.63, 3.8) is 0 Å². The second kappa shape index (κ2) is 14.2. The number of hydrogen-bond acceptors (Lipinski definition) is 7. The number of carbonyl (C=O) groups is 2. The fourth-order valence-electron chi connectivity index (χ4n) is 7.27. The number of urea groups is 1. The monoisotopic (exact) mass is 725 g/mol. The van der Waals surface area contributed by atoms with Gasteiger partial charge in [0.2, 0.25) is 5.91 Å². The van der Waals surface area contributed by atoms with E-state index in [1.54, 1.807) is 24.7 Å². The third kappa shape index (κ3) is 7.37. The summed E-state index contributed by atoms with van der Waals surface area (Å²) in [6.45, 7) is 2.99. The second-order valence-electron chi connectivity index (χ2n) is 14.4. The Bertz CT molecular complexity index is 1940. The number of aromatic amines is 1. The zero-order valence-corrected chi connectivity index (χ0v) is 30.6. The molecular weight excluding hydrogens is 679 g/mol. The molecule has 5 heterocycles. The Morgan fingerprint density at radius 1 is 1.02 bits per heavy atom. The zero-order valence-electron chi connectivity index (χ0n) is 29.0. The van der Waals surface area contributed by atoms with Crippen LogP contribution in [0.5, 0.6) is 0 Å². The number of likely N-dealkylation sites (tertiary alicyclic amines) is 2. The molecule has 50 heavy (non-hydrogen) atoms. The molecule has 3 aliphatic heterocycles. The average Bonchev–Trinajstić information content (AvgIpc) is 3.83. The highest BCUT2D eigenvalue weighted by atomic mass is 32.3. The number of para-hydroxylation sites is 2. The Morgan fingerprint density at radius 3 is 2.46 bits per heavy atom. The van der Waals surface area contributed by atoms with Gasteiger partial charge in [-0.05, 0) is 67.2 Å². The Labute approximate surface area is 295 Å². The first-order valence-corrected chi connectivity index (χ1v) is 21.6. The molecule has 13 nitrogen and oxygen atoms in total. The summed E-state index contributed by atoms with van der Waals surface area (Å²) < 4.78 is 28.2. The molecule has 3 saturated heterocycles. The van der Waals surface area contributed by atoms with Crippen LogP contribution in [0.25, 0.3) is 21.9 Å². The van der Waals surface area contributed by atoms with Crippen LogP contribution in [0.4, 0.5) is 4.79 Å². The topological polar surface area (TPSA) is 144 Å². The molecule has 2 aromatic heterocycles. The van der Waals surface area contributed by atoms with Crippen molar-refractivity contribution in [3.05, 3.63) is 64.7 Å². The van der Waals surface area contributed by atoms with Crippen LogP contribution in [0.2, 0.25) is 0 Å². The summed E-state index contributed by atoms with van der Waals surface area (Å²) >= 11 is 0. The fraction of sp³-hybridized carbons (Fsp3) is 0.543. The number of nitrogens with zero attached hydrogens (tertiary/aromatic N) is 5. The van der Waals surface area contributed by atoms with Gasteiger partial charge in [-0.25, -0.2) is 23.8 Å². The first kappa shape index (κ1) is 34.8. The summed E-state index contributed by atoms with van der Waals surface area (Å²) in [4.78, 5) is 47.2. The summed E-state index contributed by atoms with van der Waals surface area (Å²) in [7, 11) is -2.06. The lowest BCUT2D eigenvalue weighted by Gasteiger charge is -2.39. The second-order valence-corrected chi connectivity index (χ2v) is 20.4. The van der Waals surface area contributed by atoms with Crippen LogP contribution < -0.4 is 11.0 Å². The summed E-state index contributed by atoms with van der Waals surface area (Å²) in [6.07, 6.45) is 11.1. The van der Waals surface area contributed by atoms with Crippen molar-refractivity contribution in [2.75, 3.05) is 69.7 Å². The van der Waals surface area contributed by atoms with E-state index in [9.17, 15) is 18.6 Å². The van der Waals surface area contributed by atoms with E-state index >= 15 is 0 Å². The lowest BCUT2D eigenvalue weighted by atomic mass is 9.99. The van der Waals surface area contributed by atoms with Gasteiger partial charge in [-0.2, -0.15) is 9.19 Å². The predicted molar refractivity (Wildman–Crippen MR) is 197 cm³/mol. The van der Waals surface area contributed by atoms with Gasteiger partial charge in [0.1, 0.15) is 17.0 Å². The van der Waals surface area contributed by atoms with Crippen molar-refractivity contribution < 1.29 is 23.3 Å². The maximum absolute atomic E-state index is 14.1. The number of nitrogens with one attached hydrogen (secondary N) is 2. The van der Waals surface area contributed by atoms with Gasteiger partial charge in [0.05, 0.1) is 41.7 Å². The lowest BCUT2D eigenvalue weighted by Crippen LogP contribution is -2.57. The number of rotatable bonds is 9. The van der Waals surface area contributed by atoms with Gasteiger partial charge in [-0.1, -0.05) is 18.2 Å². The maximum Gasteiger partial charge on any atom is 0.326 e. The van der Waals surface area contributed by atoms with Crippen LogP contribution >= 0.6 is 10.0 Å². The number of piperidine rings is 2. The number of aromatic nitrogens is 4. The first-order chi connectivity index (χ1) is 24.0. The Kier molecular flexibility index (Phi) is 9.85. The normalized spacial score (nSPS) is 20.1. The number of ether oxygens (including phenoxy) is 2. The molecule has 1 spiro atoms. The Morgan fingerprint density at radius 2 is 1.74 bits per heavy atom. The van der Waals surface area contributed by atoms with Gasteiger partial charge in [-0.15, -0.1) is 0 Å². The third-order valence-corrected chi connectivity index (χ3v) is 13.0. The molecule has 0 radical (unpaired) electrons. The van der Waals surface area contributed by atoms with Crippen molar-refractivity contribution in [1.82, 2.24) is 33.9 Å². The van der Waals surface area contributed by atoms with E-state index in [4.69, 9.17) is 9.47 Å². The molecule has 3 amide bonds. The largest absolute Gasteiger partial charge is 0.347 e. The molecule has 15 heteroatoms. The highest BCUT2D eigenvalue weighted by molar-refractivity contribution is 8.32. The van der Waals surface area contributed by atoms with Crippen LogP contribution in [-0.4, -0.2) is 126 Å². The zero-order chi connectivity index (χ0) is 35.0. The minimum Gasteiger partial charge on any atom is -0.347 e. The summed E-state index contributed by atoms with van der Waals surface area (Å²) in [6, 6.07) is 12.3. The standard InChI is InChI=1S/C35H47N7O6S2/c1-50(2,3)21-20-49(46)42-30-9-8-25(22-26(30)24-36-42)23-29(32(43)39-16-12-35(13-17-39)47-18-19-48-35)38-33(44)40-14-10-27(11-15-40)41-31-7-5-4-6-28(31)37-34(41)45/h4-9,22,24,27,29H,10-21,23H2,1-3H3,(H,37,45)(H,38,44). The van der Waals surface area contributed by atoms with E-state index < -0.39 is 32.8 Å². The van der Waals surface area contributed by atoms with Gasteiger partial charge in [0, 0.05) is 56.9 Å². The summed E-state index contributed by atoms with van der Waals surface area (Å²) in [5.41, 5.74) is 3.17. The fourth-order valence-corrected chi connectivity index (χ4v) is 10.6. The van der Waals surface area contributed by atoms with E-state index in [0.29, 0.717) is 70.8 Å². The molecule has 7 rings (SSSR count). The minimum absolute atomic E-state index is 0.0301. The van der Waals surface area contributed by atoms with E-state index in [1.807, 2.05) is 42.5 Å². The lowest BCUT2D eigenvalue weighted by molar-refractivity contribution is -0.187. The molecule has 270 valence electrons. The van der Waals surface area contributed by atoms with Crippen LogP contribution in [0, 0.1) is 0 Å². The molecule has 2 atom stereocenters. The van der Waals surface area contributed by atoms with Crippen molar-refractivity contribution >= 4 is 54.9 Å². The van der Waals surface area contributed by atoms with E-state index in [0.717, 1.165) is 33.3 Å². The molecule has 0 saturated carbocycles. The number of fused-ring (bicyclic) bond motifs is 2. The van der Waals surface area contributed by atoms with Crippen molar-refractivity contribution in [2.24, 2.45) is 0 Å². The van der Waals surface area contributed by atoms with Gasteiger partial charge >= 0.3 is 11.7 Å². The van der Waals surface area contributed by atoms with Crippen LogP contribution in [-0.2, 0) is 31.7 Å². The SMILES string of the molecule is CS(C)(C)CCS(=O)n1ncc2cc(CC(NC(=O)N3CCC(n4c(=O)[nH]c5ccccc54)CC3)C(=O)N3CCC4(CC3)OCCO4)ccc21. The molecule has 2 N–H and O–H groups in total. The molecule has 3 aliphatic rings. The predicted octanol–water partition coefficient (Wildman–Crippen LogP) is 3.21. The quantitative estimate of drug-likeness (QED) is 0.270. The minimum atomic E-state index is -1.28. The molecule has 4 aromatic rings. The summed E-state index contributed by atoms with van der Waals surface area (Å²) in [5, 5.41) is 8.36. The number of benzene rings is 2. The highest BCUT2D eigenvalue weighted by Gasteiger charge is 2.42. The van der Waals surface area contributed by atoms with Crippen LogP contribution in [0.1, 0.15) is 37.3 Å². The molecule has 3 fully saturated rings. The van der Waals surface area contributed by atoms with Crippen LogP contribution in [0.15, 0.2) is 53.5 Å². The van der Waals surface area contributed by atoms with E-state index in [1.165, 1.54) is 0 Å². The number of amides is 3. The van der Waals surface area contributed by atoms with Crippen molar-refractivity contribution in [1.29, 1.82) is 0 Å². The molecule has 0 aliphatic carbocycles. The number of H-pyrrole nitrogens is 1. The van der Waals surface area contributed by atoms with Gasteiger partial charge in [0.25, 0.3) is 0 Å². The van der Waals surface area contributed by atoms with Crippen molar-refractivity contribution in [2.45, 2.75) is 50.0 Å². The molecule has 2 unspecified atom stereocenters. The number of hydrogen-bond donors (Lipinski definition) is 2. The van der Waals surface area contributed by atoms with Gasteiger partial charge in [-0.3, -0.25) is 9.36 Å². The molecular formula is C35H47N7O6S2. The van der Waals surface area contributed by atoms with Crippen molar-refractivity contribution in [3.8, 4) is 0 Å². The van der Waals surface area contributed by atoms with E-state index in [-0.39, 0.29) is 30.1 Å². The molecule has 0 bridgehead atoms.